The minimum atomic E-state index is 0.273. The number of aryl methyl sites for hydroxylation is 1. The Hall–Kier alpha value is -1.22. The quantitative estimate of drug-likeness (QED) is 0.784. The highest BCUT2D eigenvalue weighted by atomic mass is 32.1. The molecule has 1 unspecified atom stereocenters. The Morgan fingerprint density at radius 3 is 2.39 bits per heavy atom. The van der Waals surface area contributed by atoms with E-state index in [2.05, 4.69) is 43.7 Å². The van der Waals surface area contributed by atoms with E-state index in [1.165, 1.54) is 4.88 Å². The molecule has 2 aromatic rings. The molecule has 0 fully saturated rings. The van der Waals surface area contributed by atoms with Crippen LogP contribution in [0.5, 0.6) is 0 Å². The standard InChI is InChI=1S/C15H20N2S/c1-10-6-7-12(8-16-10)14-17-9-13(18-14)11(2)15(3,4)5/h6-9,11H,1-5H3. The van der Waals surface area contributed by atoms with Crippen molar-refractivity contribution in [1.29, 1.82) is 0 Å². The van der Waals surface area contributed by atoms with E-state index in [0.29, 0.717) is 5.92 Å². The molecular weight excluding hydrogens is 240 g/mol. The lowest BCUT2D eigenvalue weighted by Crippen LogP contribution is -2.13. The van der Waals surface area contributed by atoms with E-state index in [0.717, 1.165) is 16.3 Å². The van der Waals surface area contributed by atoms with Crippen molar-refractivity contribution in [2.45, 2.75) is 40.5 Å². The third-order valence-electron chi connectivity index (χ3n) is 3.41. The highest BCUT2D eigenvalue weighted by Crippen LogP contribution is 2.38. The second kappa shape index (κ2) is 4.81. The molecule has 0 aromatic carbocycles. The van der Waals surface area contributed by atoms with E-state index in [9.17, 15) is 0 Å². The minimum Gasteiger partial charge on any atom is -0.261 e. The molecular formula is C15H20N2S. The van der Waals surface area contributed by atoms with Gasteiger partial charge in [0, 0.05) is 28.5 Å². The van der Waals surface area contributed by atoms with Gasteiger partial charge in [0.05, 0.1) is 0 Å². The van der Waals surface area contributed by atoms with Gasteiger partial charge in [0.15, 0.2) is 0 Å². The minimum absolute atomic E-state index is 0.273. The van der Waals surface area contributed by atoms with Gasteiger partial charge in [-0.15, -0.1) is 11.3 Å². The predicted molar refractivity (Wildman–Crippen MR) is 78.0 cm³/mol. The van der Waals surface area contributed by atoms with E-state index >= 15 is 0 Å². The monoisotopic (exact) mass is 260 g/mol. The molecule has 0 radical (unpaired) electrons. The second-order valence-electron chi connectivity index (χ2n) is 5.84. The van der Waals surface area contributed by atoms with Crippen LogP contribution in [0.25, 0.3) is 10.6 Å². The van der Waals surface area contributed by atoms with Crippen LogP contribution in [0.4, 0.5) is 0 Å². The maximum absolute atomic E-state index is 4.53. The van der Waals surface area contributed by atoms with E-state index in [1.54, 1.807) is 11.3 Å². The molecule has 0 N–H and O–H groups in total. The van der Waals surface area contributed by atoms with Crippen molar-refractivity contribution >= 4 is 11.3 Å². The van der Waals surface area contributed by atoms with Crippen molar-refractivity contribution in [1.82, 2.24) is 9.97 Å². The number of hydrogen-bond donors (Lipinski definition) is 0. The maximum atomic E-state index is 4.53. The summed E-state index contributed by atoms with van der Waals surface area (Å²) in [5.41, 5.74) is 2.42. The smallest absolute Gasteiger partial charge is 0.125 e. The van der Waals surface area contributed by atoms with Crippen LogP contribution in [0, 0.1) is 12.3 Å². The van der Waals surface area contributed by atoms with Crippen LogP contribution in [0.2, 0.25) is 0 Å². The Kier molecular flexibility index (Phi) is 3.53. The first-order chi connectivity index (χ1) is 8.38. The van der Waals surface area contributed by atoms with E-state index in [4.69, 9.17) is 0 Å². The van der Waals surface area contributed by atoms with Gasteiger partial charge in [0.2, 0.25) is 0 Å². The second-order valence-corrected chi connectivity index (χ2v) is 6.91. The summed E-state index contributed by atoms with van der Waals surface area (Å²) < 4.78 is 0. The van der Waals surface area contributed by atoms with Crippen LogP contribution >= 0.6 is 11.3 Å². The van der Waals surface area contributed by atoms with Gasteiger partial charge in [0.1, 0.15) is 5.01 Å². The fraction of sp³-hybridized carbons (Fsp3) is 0.467. The van der Waals surface area contributed by atoms with Crippen molar-refractivity contribution in [2.24, 2.45) is 5.41 Å². The van der Waals surface area contributed by atoms with Crippen LogP contribution in [-0.2, 0) is 0 Å². The third-order valence-corrected chi connectivity index (χ3v) is 4.64. The van der Waals surface area contributed by atoms with Crippen molar-refractivity contribution in [3.05, 3.63) is 35.1 Å². The molecule has 0 aliphatic rings. The summed E-state index contributed by atoms with van der Waals surface area (Å²) in [7, 11) is 0. The maximum Gasteiger partial charge on any atom is 0.125 e. The van der Waals surface area contributed by atoms with Gasteiger partial charge in [-0.3, -0.25) is 4.98 Å². The zero-order chi connectivity index (χ0) is 13.3. The molecule has 96 valence electrons. The molecule has 0 spiro atoms. The highest BCUT2D eigenvalue weighted by molar-refractivity contribution is 7.15. The van der Waals surface area contributed by atoms with Gasteiger partial charge < -0.3 is 0 Å². The lowest BCUT2D eigenvalue weighted by molar-refractivity contribution is 0.343. The number of nitrogens with zero attached hydrogens (tertiary/aromatic N) is 2. The average Bonchev–Trinajstić information content (AvgIpc) is 2.77. The first-order valence-corrected chi connectivity index (χ1v) is 7.08. The van der Waals surface area contributed by atoms with Gasteiger partial charge in [-0.2, -0.15) is 0 Å². The first kappa shape index (κ1) is 13.2. The lowest BCUT2D eigenvalue weighted by atomic mass is 9.81. The van der Waals surface area contributed by atoms with Crippen LogP contribution in [0.15, 0.2) is 24.5 Å². The molecule has 2 aromatic heterocycles. The number of rotatable bonds is 2. The number of thiazole rings is 1. The molecule has 0 amide bonds. The first-order valence-electron chi connectivity index (χ1n) is 6.26. The molecule has 18 heavy (non-hydrogen) atoms. The topological polar surface area (TPSA) is 25.8 Å². The molecule has 0 saturated carbocycles. The normalized spacial score (nSPS) is 13.6. The fourth-order valence-electron chi connectivity index (χ4n) is 1.64. The van der Waals surface area contributed by atoms with Gasteiger partial charge >= 0.3 is 0 Å². The van der Waals surface area contributed by atoms with Crippen molar-refractivity contribution in [3.8, 4) is 10.6 Å². The van der Waals surface area contributed by atoms with Crippen LogP contribution in [-0.4, -0.2) is 9.97 Å². The Balaban J connectivity index is 2.28. The molecule has 1 atom stereocenters. The summed E-state index contributed by atoms with van der Waals surface area (Å²) in [5, 5.41) is 1.06. The summed E-state index contributed by atoms with van der Waals surface area (Å²) in [6, 6.07) is 4.12. The molecule has 2 rings (SSSR count). The van der Waals surface area contributed by atoms with E-state index in [-0.39, 0.29) is 5.41 Å². The summed E-state index contributed by atoms with van der Waals surface area (Å²) >= 11 is 1.78. The Labute approximate surface area is 113 Å². The summed E-state index contributed by atoms with van der Waals surface area (Å²) in [6.07, 6.45) is 3.91. The van der Waals surface area contributed by atoms with E-state index < -0.39 is 0 Å². The Morgan fingerprint density at radius 2 is 1.83 bits per heavy atom. The van der Waals surface area contributed by atoms with Crippen LogP contribution in [0.1, 0.15) is 44.2 Å². The molecule has 0 aliphatic heterocycles. The fourth-order valence-corrected chi connectivity index (χ4v) is 2.84. The zero-order valence-corrected chi connectivity index (χ0v) is 12.5. The largest absolute Gasteiger partial charge is 0.261 e. The third kappa shape index (κ3) is 2.78. The molecule has 2 nitrogen and oxygen atoms in total. The molecule has 0 aliphatic carbocycles. The number of hydrogen-bond acceptors (Lipinski definition) is 3. The SMILES string of the molecule is Cc1ccc(-c2ncc(C(C)C(C)(C)C)s2)cn1. The zero-order valence-electron chi connectivity index (χ0n) is 11.7. The Morgan fingerprint density at radius 1 is 1.11 bits per heavy atom. The van der Waals surface area contributed by atoms with Crippen molar-refractivity contribution < 1.29 is 0 Å². The Bertz CT molecular complexity index is 520. The van der Waals surface area contributed by atoms with Crippen LogP contribution < -0.4 is 0 Å². The summed E-state index contributed by atoms with van der Waals surface area (Å²) in [4.78, 5) is 10.2. The number of pyridine rings is 1. The summed E-state index contributed by atoms with van der Waals surface area (Å²) in [5.74, 6) is 0.516. The van der Waals surface area contributed by atoms with Crippen LogP contribution in [0.3, 0.4) is 0 Å². The highest BCUT2D eigenvalue weighted by Gasteiger charge is 2.23. The van der Waals surface area contributed by atoms with Crippen molar-refractivity contribution in [2.75, 3.05) is 0 Å². The van der Waals surface area contributed by atoms with Gasteiger partial charge in [-0.1, -0.05) is 27.7 Å². The van der Waals surface area contributed by atoms with Gasteiger partial charge in [-0.05, 0) is 30.4 Å². The average molecular weight is 260 g/mol. The number of aromatic nitrogens is 2. The molecule has 2 heterocycles. The van der Waals surface area contributed by atoms with Crippen molar-refractivity contribution in [3.63, 3.8) is 0 Å². The van der Waals surface area contributed by atoms with Gasteiger partial charge in [-0.25, -0.2) is 4.98 Å². The molecule has 0 bridgehead atoms. The summed E-state index contributed by atoms with van der Waals surface area (Å²) in [6.45, 7) is 11.1. The molecule has 3 heteroatoms. The lowest BCUT2D eigenvalue weighted by Gasteiger charge is -2.25. The molecule has 0 saturated heterocycles. The predicted octanol–water partition coefficient (Wildman–Crippen LogP) is 4.66. The van der Waals surface area contributed by atoms with Gasteiger partial charge in [0.25, 0.3) is 0 Å². The van der Waals surface area contributed by atoms with E-state index in [1.807, 2.05) is 25.4 Å².